The molecule has 0 aliphatic heterocycles. The second-order valence-corrected chi connectivity index (χ2v) is 3.21. The summed E-state index contributed by atoms with van der Waals surface area (Å²) in [4.78, 5) is 3.93. The van der Waals surface area contributed by atoms with Gasteiger partial charge in [-0.15, -0.1) is 0 Å². The SMILES string of the molecule is Nc1nccc(Br)c1CBr. The summed E-state index contributed by atoms with van der Waals surface area (Å²) < 4.78 is 0.997. The Morgan fingerprint density at radius 2 is 2.30 bits per heavy atom. The normalized spacial score (nSPS) is 9.80. The molecule has 54 valence electrons. The van der Waals surface area contributed by atoms with Crippen LogP contribution < -0.4 is 5.73 Å². The summed E-state index contributed by atoms with van der Waals surface area (Å²) in [6.07, 6.45) is 1.67. The molecule has 0 fully saturated rings. The molecule has 0 amide bonds. The Kier molecular flexibility index (Phi) is 2.68. The summed E-state index contributed by atoms with van der Waals surface area (Å²) in [5.74, 6) is 0.575. The van der Waals surface area contributed by atoms with Gasteiger partial charge in [0, 0.05) is 21.6 Å². The summed E-state index contributed by atoms with van der Waals surface area (Å²) in [7, 11) is 0. The number of alkyl halides is 1. The van der Waals surface area contributed by atoms with Crippen molar-refractivity contribution in [3.63, 3.8) is 0 Å². The third kappa shape index (κ3) is 1.49. The number of aromatic nitrogens is 1. The summed E-state index contributed by atoms with van der Waals surface area (Å²) in [5.41, 5.74) is 6.56. The number of anilines is 1. The Bertz CT molecular complexity index is 217. The van der Waals surface area contributed by atoms with Gasteiger partial charge < -0.3 is 5.73 Å². The van der Waals surface area contributed by atoms with Gasteiger partial charge in [-0.1, -0.05) is 31.9 Å². The summed E-state index contributed by atoms with van der Waals surface area (Å²) >= 11 is 6.67. The Morgan fingerprint density at radius 1 is 1.60 bits per heavy atom. The first-order valence-corrected chi connectivity index (χ1v) is 4.62. The number of nitrogens with two attached hydrogens (primary N) is 1. The van der Waals surface area contributed by atoms with Gasteiger partial charge in [0.05, 0.1) is 0 Å². The highest BCUT2D eigenvalue weighted by atomic mass is 79.9. The number of halogens is 2. The van der Waals surface area contributed by atoms with E-state index in [1.807, 2.05) is 6.07 Å². The van der Waals surface area contributed by atoms with Crippen molar-refractivity contribution in [2.24, 2.45) is 0 Å². The van der Waals surface area contributed by atoms with Crippen LogP contribution in [-0.4, -0.2) is 4.98 Å². The van der Waals surface area contributed by atoms with Gasteiger partial charge in [0.15, 0.2) is 0 Å². The van der Waals surface area contributed by atoms with E-state index in [2.05, 4.69) is 36.8 Å². The molecule has 0 spiro atoms. The second kappa shape index (κ2) is 3.34. The minimum atomic E-state index is 0.575. The molecule has 1 aromatic rings. The van der Waals surface area contributed by atoms with E-state index in [4.69, 9.17) is 5.73 Å². The quantitative estimate of drug-likeness (QED) is 0.792. The van der Waals surface area contributed by atoms with Crippen molar-refractivity contribution in [1.82, 2.24) is 4.98 Å². The molecular weight excluding hydrogens is 260 g/mol. The molecule has 0 aliphatic rings. The molecule has 10 heavy (non-hydrogen) atoms. The van der Waals surface area contributed by atoms with E-state index in [-0.39, 0.29) is 0 Å². The maximum Gasteiger partial charge on any atom is 0.128 e. The Balaban J connectivity index is 3.17. The van der Waals surface area contributed by atoms with Crippen molar-refractivity contribution < 1.29 is 0 Å². The average molecular weight is 266 g/mol. The van der Waals surface area contributed by atoms with Crippen LogP contribution in [0.2, 0.25) is 0 Å². The molecule has 2 nitrogen and oxygen atoms in total. The van der Waals surface area contributed by atoms with Crippen LogP contribution in [0.5, 0.6) is 0 Å². The Hall–Kier alpha value is -0.0900. The van der Waals surface area contributed by atoms with E-state index in [0.29, 0.717) is 5.82 Å². The molecule has 0 saturated carbocycles. The van der Waals surface area contributed by atoms with Gasteiger partial charge in [0.25, 0.3) is 0 Å². The number of hydrogen-bond acceptors (Lipinski definition) is 2. The minimum Gasteiger partial charge on any atom is -0.383 e. The van der Waals surface area contributed by atoms with Crippen LogP contribution in [0.25, 0.3) is 0 Å². The fourth-order valence-electron chi connectivity index (χ4n) is 0.616. The van der Waals surface area contributed by atoms with Crippen molar-refractivity contribution in [3.8, 4) is 0 Å². The first kappa shape index (κ1) is 8.01. The van der Waals surface area contributed by atoms with Crippen LogP contribution in [0, 0.1) is 0 Å². The van der Waals surface area contributed by atoms with Crippen LogP contribution in [0.4, 0.5) is 5.82 Å². The standard InChI is InChI=1S/C6H6Br2N2/c7-3-4-5(8)1-2-10-6(4)9/h1-2H,3H2,(H2,9,10). The van der Waals surface area contributed by atoms with E-state index in [0.717, 1.165) is 15.4 Å². The molecule has 0 bridgehead atoms. The van der Waals surface area contributed by atoms with Crippen molar-refractivity contribution in [1.29, 1.82) is 0 Å². The van der Waals surface area contributed by atoms with Gasteiger partial charge in [0.1, 0.15) is 5.82 Å². The number of nitrogen functional groups attached to an aromatic ring is 1. The summed E-state index contributed by atoms with van der Waals surface area (Å²) in [5, 5.41) is 0.729. The lowest BCUT2D eigenvalue weighted by molar-refractivity contribution is 1.25. The average Bonchev–Trinajstić information content (AvgIpc) is 1.88. The van der Waals surface area contributed by atoms with Gasteiger partial charge in [-0.25, -0.2) is 4.98 Å². The van der Waals surface area contributed by atoms with Gasteiger partial charge in [-0.3, -0.25) is 0 Å². The second-order valence-electron chi connectivity index (χ2n) is 1.79. The van der Waals surface area contributed by atoms with Crippen LogP contribution in [0.15, 0.2) is 16.7 Å². The van der Waals surface area contributed by atoms with E-state index in [1.54, 1.807) is 6.20 Å². The number of rotatable bonds is 1. The monoisotopic (exact) mass is 264 g/mol. The molecule has 1 rings (SSSR count). The zero-order valence-corrected chi connectivity index (χ0v) is 8.31. The molecule has 0 aliphatic carbocycles. The molecule has 0 atom stereocenters. The first-order valence-electron chi connectivity index (χ1n) is 2.70. The van der Waals surface area contributed by atoms with E-state index in [9.17, 15) is 0 Å². The highest BCUT2D eigenvalue weighted by molar-refractivity contribution is 9.10. The third-order valence-electron chi connectivity index (χ3n) is 1.17. The van der Waals surface area contributed by atoms with Crippen molar-refractivity contribution >= 4 is 37.7 Å². The first-order chi connectivity index (χ1) is 4.75. The van der Waals surface area contributed by atoms with Gasteiger partial charge in [-0.2, -0.15) is 0 Å². The van der Waals surface area contributed by atoms with Crippen LogP contribution in [0.1, 0.15) is 5.56 Å². The largest absolute Gasteiger partial charge is 0.383 e. The van der Waals surface area contributed by atoms with E-state index < -0.39 is 0 Å². The number of nitrogens with zero attached hydrogens (tertiary/aromatic N) is 1. The zero-order valence-electron chi connectivity index (χ0n) is 5.14. The van der Waals surface area contributed by atoms with Crippen molar-refractivity contribution in [2.45, 2.75) is 5.33 Å². The highest BCUT2D eigenvalue weighted by Gasteiger charge is 2.01. The molecule has 1 heterocycles. The zero-order chi connectivity index (χ0) is 7.56. The minimum absolute atomic E-state index is 0.575. The fraction of sp³-hybridized carbons (Fsp3) is 0.167. The number of hydrogen-bond donors (Lipinski definition) is 1. The van der Waals surface area contributed by atoms with E-state index in [1.165, 1.54) is 0 Å². The molecule has 4 heteroatoms. The maximum absolute atomic E-state index is 5.56. The third-order valence-corrected chi connectivity index (χ3v) is 2.47. The lowest BCUT2D eigenvalue weighted by atomic mass is 10.3. The molecule has 0 aromatic carbocycles. The van der Waals surface area contributed by atoms with Crippen LogP contribution >= 0.6 is 31.9 Å². The highest BCUT2D eigenvalue weighted by Crippen LogP contribution is 2.22. The fourth-order valence-corrected chi connectivity index (χ4v) is 2.04. The molecule has 2 N–H and O–H groups in total. The molecule has 0 unspecified atom stereocenters. The smallest absolute Gasteiger partial charge is 0.128 e. The van der Waals surface area contributed by atoms with Crippen LogP contribution in [-0.2, 0) is 5.33 Å². The topological polar surface area (TPSA) is 38.9 Å². The lowest BCUT2D eigenvalue weighted by Crippen LogP contribution is -1.95. The number of pyridine rings is 1. The van der Waals surface area contributed by atoms with Crippen LogP contribution in [0.3, 0.4) is 0 Å². The van der Waals surface area contributed by atoms with Crippen molar-refractivity contribution in [3.05, 3.63) is 22.3 Å². The lowest BCUT2D eigenvalue weighted by Gasteiger charge is -2.01. The van der Waals surface area contributed by atoms with Crippen molar-refractivity contribution in [2.75, 3.05) is 5.73 Å². The maximum atomic E-state index is 5.56. The van der Waals surface area contributed by atoms with Gasteiger partial charge >= 0.3 is 0 Å². The molecule has 1 aromatic heterocycles. The van der Waals surface area contributed by atoms with Gasteiger partial charge in [0.2, 0.25) is 0 Å². The molecule has 0 saturated heterocycles. The van der Waals surface area contributed by atoms with E-state index >= 15 is 0 Å². The summed E-state index contributed by atoms with van der Waals surface area (Å²) in [6.45, 7) is 0. The molecule has 0 radical (unpaired) electrons. The predicted molar refractivity (Wildman–Crippen MR) is 49.0 cm³/mol. The Labute approximate surface area is 76.1 Å². The molecular formula is C6H6Br2N2. The summed E-state index contributed by atoms with van der Waals surface area (Å²) in [6, 6.07) is 1.87. The predicted octanol–water partition coefficient (Wildman–Crippen LogP) is 2.32. The van der Waals surface area contributed by atoms with Gasteiger partial charge in [-0.05, 0) is 6.07 Å². The Morgan fingerprint density at radius 3 is 2.70 bits per heavy atom.